The topological polar surface area (TPSA) is 57.8 Å². The molecule has 4 nitrogen and oxygen atoms in total. The van der Waals surface area contributed by atoms with Gasteiger partial charge in [-0.15, -0.1) is 11.8 Å². The van der Waals surface area contributed by atoms with E-state index >= 15 is 0 Å². The molecule has 0 aliphatic carbocycles. The van der Waals surface area contributed by atoms with Gasteiger partial charge in [0.05, 0.1) is 12.1 Å². The van der Waals surface area contributed by atoms with Gasteiger partial charge in [-0.1, -0.05) is 12.1 Å². The van der Waals surface area contributed by atoms with Crippen LogP contribution >= 0.6 is 11.8 Å². The molecule has 0 fully saturated rings. The first-order valence-electron chi connectivity index (χ1n) is 5.87. The van der Waals surface area contributed by atoms with Gasteiger partial charge in [-0.25, -0.2) is 9.37 Å². The van der Waals surface area contributed by atoms with Gasteiger partial charge in [-0.3, -0.25) is 4.79 Å². The van der Waals surface area contributed by atoms with Crippen LogP contribution in [0.5, 0.6) is 0 Å². The van der Waals surface area contributed by atoms with Gasteiger partial charge in [-0.2, -0.15) is 0 Å². The lowest BCUT2D eigenvalue weighted by molar-refractivity contribution is -0.118. The average molecular weight is 279 g/mol. The number of hydrogen-bond acceptors (Lipinski definition) is 3. The minimum Gasteiger partial charge on any atom is -0.355 e. The monoisotopic (exact) mass is 279 g/mol. The number of imidazole rings is 1. The Balaban J connectivity index is 1.69. The summed E-state index contributed by atoms with van der Waals surface area (Å²) in [6.45, 7) is 0.541. The first-order chi connectivity index (χ1) is 9.25. The number of aromatic amines is 1. The molecule has 0 spiro atoms. The number of rotatable bonds is 6. The van der Waals surface area contributed by atoms with Gasteiger partial charge in [0.2, 0.25) is 5.91 Å². The quantitative estimate of drug-likeness (QED) is 0.795. The lowest BCUT2D eigenvalue weighted by atomic mass is 10.3. The third-order valence-electron chi connectivity index (χ3n) is 2.47. The van der Waals surface area contributed by atoms with Crippen molar-refractivity contribution in [2.45, 2.75) is 11.3 Å². The Kier molecular flexibility index (Phi) is 4.97. The summed E-state index contributed by atoms with van der Waals surface area (Å²) in [7, 11) is 0. The molecule has 19 heavy (non-hydrogen) atoms. The molecule has 0 radical (unpaired) electrons. The van der Waals surface area contributed by atoms with E-state index in [0.717, 1.165) is 5.69 Å². The van der Waals surface area contributed by atoms with Crippen LogP contribution < -0.4 is 5.32 Å². The van der Waals surface area contributed by atoms with Crippen molar-refractivity contribution < 1.29 is 9.18 Å². The molecular weight excluding hydrogens is 265 g/mol. The number of carbonyl (C=O) groups is 1. The minimum atomic E-state index is -0.294. The second-order valence-electron chi connectivity index (χ2n) is 3.90. The molecule has 0 saturated carbocycles. The number of nitrogens with zero attached hydrogens (tertiary/aromatic N) is 1. The first kappa shape index (κ1) is 13.6. The highest BCUT2D eigenvalue weighted by Crippen LogP contribution is 2.20. The highest BCUT2D eigenvalue weighted by atomic mass is 32.2. The minimum absolute atomic E-state index is 0.104. The molecule has 2 N–H and O–H groups in total. The van der Waals surface area contributed by atoms with Crippen LogP contribution in [0.15, 0.2) is 41.7 Å². The zero-order valence-corrected chi connectivity index (χ0v) is 11.0. The summed E-state index contributed by atoms with van der Waals surface area (Å²) in [5.41, 5.74) is 0.974. The number of H-pyrrole nitrogens is 1. The van der Waals surface area contributed by atoms with Crippen LogP contribution in [0.3, 0.4) is 0 Å². The second kappa shape index (κ2) is 6.94. The van der Waals surface area contributed by atoms with E-state index in [1.807, 2.05) is 0 Å². The van der Waals surface area contributed by atoms with Crippen LogP contribution in [0.25, 0.3) is 0 Å². The Morgan fingerprint density at radius 1 is 1.42 bits per heavy atom. The molecule has 100 valence electrons. The van der Waals surface area contributed by atoms with E-state index < -0.39 is 0 Å². The molecule has 1 aromatic heterocycles. The maximum Gasteiger partial charge on any atom is 0.230 e. The summed E-state index contributed by atoms with van der Waals surface area (Å²) in [5, 5.41) is 2.78. The fourth-order valence-corrected chi connectivity index (χ4v) is 2.28. The molecule has 1 aromatic carbocycles. The maximum absolute atomic E-state index is 13.3. The van der Waals surface area contributed by atoms with E-state index in [-0.39, 0.29) is 17.5 Å². The summed E-state index contributed by atoms with van der Waals surface area (Å²) in [4.78, 5) is 18.9. The number of carbonyl (C=O) groups excluding carboxylic acids is 1. The average Bonchev–Trinajstić information content (AvgIpc) is 2.91. The van der Waals surface area contributed by atoms with Crippen molar-refractivity contribution in [2.75, 3.05) is 12.3 Å². The Labute approximate surface area is 114 Å². The number of amides is 1. The van der Waals surface area contributed by atoms with Crippen LogP contribution in [0, 0.1) is 5.82 Å². The van der Waals surface area contributed by atoms with Crippen molar-refractivity contribution in [1.82, 2.24) is 15.3 Å². The molecule has 0 saturated heterocycles. The van der Waals surface area contributed by atoms with Crippen molar-refractivity contribution >= 4 is 17.7 Å². The van der Waals surface area contributed by atoms with Gasteiger partial charge in [0.1, 0.15) is 5.82 Å². The van der Waals surface area contributed by atoms with Crippen LogP contribution in [-0.4, -0.2) is 28.2 Å². The van der Waals surface area contributed by atoms with Crippen molar-refractivity contribution in [2.24, 2.45) is 0 Å². The molecule has 2 rings (SSSR count). The lowest BCUT2D eigenvalue weighted by Crippen LogP contribution is -2.27. The zero-order chi connectivity index (χ0) is 13.5. The van der Waals surface area contributed by atoms with Gasteiger partial charge in [0.15, 0.2) is 0 Å². The van der Waals surface area contributed by atoms with Crippen LogP contribution in [-0.2, 0) is 11.2 Å². The normalized spacial score (nSPS) is 10.4. The fourth-order valence-electron chi connectivity index (χ4n) is 1.51. The molecule has 0 atom stereocenters. The summed E-state index contributed by atoms with van der Waals surface area (Å²) in [5.74, 6) is -0.185. The fraction of sp³-hybridized carbons (Fsp3) is 0.231. The molecular formula is C13H14FN3OS. The van der Waals surface area contributed by atoms with E-state index in [9.17, 15) is 9.18 Å². The van der Waals surface area contributed by atoms with E-state index in [1.165, 1.54) is 17.8 Å². The number of halogens is 1. The number of nitrogens with one attached hydrogen (secondary N) is 2. The third-order valence-corrected chi connectivity index (χ3v) is 3.52. The van der Waals surface area contributed by atoms with E-state index in [2.05, 4.69) is 15.3 Å². The molecule has 1 heterocycles. The van der Waals surface area contributed by atoms with Crippen molar-refractivity contribution in [3.8, 4) is 0 Å². The maximum atomic E-state index is 13.3. The van der Waals surface area contributed by atoms with Crippen molar-refractivity contribution in [3.05, 3.63) is 48.3 Å². The van der Waals surface area contributed by atoms with Gasteiger partial charge >= 0.3 is 0 Å². The summed E-state index contributed by atoms with van der Waals surface area (Å²) >= 11 is 1.20. The van der Waals surface area contributed by atoms with Crippen LogP contribution in [0.1, 0.15) is 5.69 Å². The van der Waals surface area contributed by atoms with Gasteiger partial charge in [0.25, 0.3) is 0 Å². The molecule has 2 aromatic rings. The molecule has 6 heteroatoms. The summed E-state index contributed by atoms with van der Waals surface area (Å²) < 4.78 is 13.3. The lowest BCUT2D eigenvalue weighted by Gasteiger charge is -2.05. The Hall–Kier alpha value is -1.82. The number of aromatic nitrogens is 2. The Morgan fingerprint density at radius 2 is 2.26 bits per heavy atom. The van der Waals surface area contributed by atoms with Crippen molar-refractivity contribution in [3.63, 3.8) is 0 Å². The SMILES string of the molecule is O=C(CSc1ccccc1F)NCCc1cnc[nH]1. The standard InChI is InChI=1S/C13H14FN3OS/c14-11-3-1-2-4-12(11)19-8-13(18)16-6-5-10-7-15-9-17-10/h1-4,7,9H,5-6,8H2,(H,15,17)(H,16,18). The molecule has 1 amide bonds. The largest absolute Gasteiger partial charge is 0.355 e. The smallest absolute Gasteiger partial charge is 0.230 e. The van der Waals surface area contributed by atoms with Crippen LogP contribution in [0.4, 0.5) is 4.39 Å². The number of thioether (sulfide) groups is 1. The van der Waals surface area contributed by atoms with Gasteiger partial charge < -0.3 is 10.3 Å². The van der Waals surface area contributed by atoms with E-state index in [4.69, 9.17) is 0 Å². The molecule has 0 aliphatic rings. The number of benzene rings is 1. The first-order valence-corrected chi connectivity index (χ1v) is 6.85. The Morgan fingerprint density at radius 3 is 3.00 bits per heavy atom. The predicted octanol–water partition coefficient (Wildman–Crippen LogP) is 2.00. The third kappa shape index (κ3) is 4.40. The zero-order valence-electron chi connectivity index (χ0n) is 10.2. The van der Waals surface area contributed by atoms with E-state index in [0.29, 0.717) is 17.9 Å². The molecule has 0 unspecified atom stereocenters. The van der Waals surface area contributed by atoms with Crippen molar-refractivity contribution in [1.29, 1.82) is 0 Å². The molecule has 0 aliphatic heterocycles. The second-order valence-corrected chi connectivity index (χ2v) is 4.91. The van der Waals surface area contributed by atoms with Crippen LogP contribution in [0.2, 0.25) is 0 Å². The van der Waals surface area contributed by atoms with Gasteiger partial charge in [0, 0.05) is 29.8 Å². The summed E-state index contributed by atoms with van der Waals surface area (Å²) in [6.07, 6.45) is 4.03. The van der Waals surface area contributed by atoms with Gasteiger partial charge in [-0.05, 0) is 12.1 Å². The number of hydrogen-bond donors (Lipinski definition) is 2. The predicted molar refractivity (Wildman–Crippen MR) is 72.4 cm³/mol. The summed E-state index contributed by atoms with van der Waals surface area (Å²) in [6, 6.07) is 6.43. The van der Waals surface area contributed by atoms with E-state index in [1.54, 1.807) is 30.7 Å². The highest BCUT2D eigenvalue weighted by Gasteiger charge is 2.05. The Bertz CT molecular complexity index is 530. The molecule has 0 bridgehead atoms. The highest BCUT2D eigenvalue weighted by molar-refractivity contribution is 8.00.